The van der Waals surface area contributed by atoms with Crippen molar-refractivity contribution in [2.24, 2.45) is 5.73 Å². The number of likely N-dealkylation sites (tertiary alicyclic amines) is 1. The van der Waals surface area contributed by atoms with E-state index < -0.39 is 0 Å². The van der Waals surface area contributed by atoms with Crippen LogP contribution < -0.4 is 5.73 Å². The maximum absolute atomic E-state index is 5.76. The lowest BCUT2D eigenvalue weighted by molar-refractivity contribution is 0.257. The Bertz CT molecular complexity index is 149. The van der Waals surface area contributed by atoms with Gasteiger partial charge in [0.05, 0.1) is 0 Å². The van der Waals surface area contributed by atoms with Crippen molar-refractivity contribution in [1.29, 1.82) is 0 Å². The van der Waals surface area contributed by atoms with Crippen LogP contribution in [0.15, 0.2) is 0 Å². The number of fused-ring (bicyclic) bond motifs is 2. The molecule has 0 aromatic carbocycles. The highest BCUT2D eigenvalue weighted by Crippen LogP contribution is 2.37. The van der Waals surface area contributed by atoms with Crippen LogP contribution in [-0.2, 0) is 0 Å². The zero-order chi connectivity index (χ0) is 7.84. The second-order valence-corrected chi connectivity index (χ2v) is 5.11. The topological polar surface area (TPSA) is 29.3 Å². The molecular formula is C8H16N2S. The van der Waals surface area contributed by atoms with E-state index >= 15 is 0 Å². The van der Waals surface area contributed by atoms with Gasteiger partial charge in [-0.15, -0.1) is 0 Å². The van der Waals surface area contributed by atoms with Crippen molar-refractivity contribution < 1.29 is 0 Å². The molecular weight excluding hydrogens is 156 g/mol. The Morgan fingerprint density at radius 2 is 2.55 bits per heavy atom. The van der Waals surface area contributed by atoms with Gasteiger partial charge in [-0.25, -0.2) is 0 Å². The zero-order valence-electron chi connectivity index (χ0n) is 6.99. The van der Waals surface area contributed by atoms with E-state index in [1.54, 1.807) is 0 Å². The van der Waals surface area contributed by atoms with E-state index in [2.05, 4.69) is 23.6 Å². The van der Waals surface area contributed by atoms with Crippen molar-refractivity contribution in [3.8, 4) is 0 Å². The quantitative estimate of drug-likeness (QED) is 0.658. The summed E-state index contributed by atoms with van der Waals surface area (Å²) in [4.78, 5) is 2.56. The monoisotopic (exact) mass is 172 g/mol. The van der Waals surface area contributed by atoms with E-state index in [-0.39, 0.29) is 0 Å². The molecule has 2 N–H and O–H groups in total. The van der Waals surface area contributed by atoms with Gasteiger partial charge in [-0.2, -0.15) is 11.8 Å². The molecule has 2 aliphatic rings. The van der Waals surface area contributed by atoms with Gasteiger partial charge >= 0.3 is 0 Å². The van der Waals surface area contributed by atoms with Gasteiger partial charge in [0.1, 0.15) is 0 Å². The van der Waals surface area contributed by atoms with Crippen LogP contribution >= 0.6 is 11.8 Å². The van der Waals surface area contributed by atoms with Gasteiger partial charge < -0.3 is 5.73 Å². The summed E-state index contributed by atoms with van der Waals surface area (Å²) in [5.41, 5.74) is 5.76. The van der Waals surface area contributed by atoms with E-state index in [1.807, 2.05) is 0 Å². The summed E-state index contributed by atoms with van der Waals surface area (Å²) in [6.07, 6.45) is 1.41. The van der Waals surface area contributed by atoms with Crippen molar-refractivity contribution in [2.75, 3.05) is 18.8 Å². The SMILES string of the molecule is C[C@H](N)CN1CC2CC1CS2. The van der Waals surface area contributed by atoms with Crippen LogP contribution in [0.4, 0.5) is 0 Å². The third-order valence-electron chi connectivity index (χ3n) is 2.54. The molecule has 2 fully saturated rings. The number of hydrogen-bond acceptors (Lipinski definition) is 3. The number of rotatable bonds is 2. The van der Waals surface area contributed by atoms with Crippen LogP contribution in [0.2, 0.25) is 0 Å². The molecule has 2 rings (SSSR count). The second-order valence-electron chi connectivity index (χ2n) is 3.78. The van der Waals surface area contributed by atoms with E-state index in [9.17, 15) is 0 Å². The molecule has 3 heteroatoms. The summed E-state index contributed by atoms with van der Waals surface area (Å²) >= 11 is 2.14. The smallest absolute Gasteiger partial charge is 0.0198 e. The van der Waals surface area contributed by atoms with E-state index in [0.717, 1.165) is 17.8 Å². The summed E-state index contributed by atoms with van der Waals surface area (Å²) in [7, 11) is 0. The van der Waals surface area contributed by atoms with Crippen molar-refractivity contribution >= 4 is 11.8 Å². The molecule has 0 radical (unpaired) electrons. The van der Waals surface area contributed by atoms with Gasteiger partial charge in [0, 0.05) is 36.2 Å². The number of thioether (sulfide) groups is 1. The van der Waals surface area contributed by atoms with Crippen molar-refractivity contribution in [2.45, 2.75) is 30.7 Å². The van der Waals surface area contributed by atoms with Gasteiger partial charge in [-0.1, -0.05) is 0 Å². The van der Waals surface area contributed by atoms with E-state index in [0.29, 0.717) is 6.04 Å². The third kappa shape index (κ3) is 1.55. The molecule has 0 amide bonds. The zero-order valence-corrected chi connectivity index (χ0v) is 7.81. The van der Waals surface area contributed by atoms with Gasteiger partial charge in [0.2, 0.25) is 0 Å². The Hall–Kier alpha value is 0.270. The highest BCUT2D eigenvalue weighted by Gasteiger charge is 2.38. The number of nitrogens with two attached hydrogens (primary N) is 1. The number of nitrogens with zero attached hydrogens (tertiary/aromatic N) is 1. The van der Waals surface area contributed by atoms with Gasteiger partial charge in [-0.05, 0) is 13.3 Å². The van der Waals surface area contributed by atoms with Crippen LogP contribution in [0.5, 0.6) is 0 Å². The van der Waals surface area contributed by atoms with Crippen LogP contribution in [0, 0.1) is 0 Å². The first-order valence-electron chi connectivity index (χ1n) is 4.37. The molecule has 0 aliphatic carbocycles. The maximum atomic E-state index is 5.76. The predicted octanol–water partition coefficient (Wildman–Crippen LogP) is 0.523. The molecule has 0 aromatic heterocycles. The Balaban J connectivity index is 1.87. The first-order chi connectivity index (χ1) is 5.25. The highest BCUT2D eigenvalue weighted by atomic mass is 32.2. The molecule has 0 spiro atoms. The molecule has 64 valence electrons. The lowest BCUT2D eigenvalue weighted by Crippen LogP contribution is -2.41. The van der Waals surface area contributed by atoms with Gasteiger partial charge in [-0.3, -0.25) is 4.90 Å². The third-order valence-corrected chi connectivity index (χ3v) is 3.93. The lowest BCUT2D eigenvalue weighted by Gasteiger charge is -2.27. The van der Waals surface area contributed by atoms with E-state index in [1.165, 1.54) is 18.7 Å². The molecule has 11 heavy (non-hydrogen) atoms. The Morgan fingerprint density at radius 1 is 1.73 bits per heavy atom. The molecule has 2 aliphatic heterocycles. The molecule has 3 atom stereocenters. The summed E-state index contributed by atoms with van der Waals surface area (Å²) in [5, 5.41) is 0.929. The Labute approximate surface area is 72.5 Å². The van der Waals surface area contributed by atoms with Crippen molar-refractivity contribution in [1.82, 2.24) is 4.90 Å². The fraction of sp³-hybridized carbons (Fsp3) is 1.00. The first kappa shape index (κ1) is 7.90. The summed E-state index contributed by atoms with van der Waals surface area (Å²) in [6, 6.07) is 1.20. The summed E-state index contributed by atoms with van der Waals surface area (Å²) < 4.78 is 0. The lowest BCUT2D eigenvalue weighted by atomic mass is 10.2. The minimum Gasteiger partial charge on any atom is -0.327 e. The molecule has 0 saturated carbocycles. The summed E-state index contributed by atoms with van der Waals surface area (Å²) in [6.45, 7) is 4.48. The molecule has 2 unspecified atom stereocenters. The van der Waals surface area contributed by atoms with Crippen molar-refractivity contribution in [3.05, 3.63) is 0 Å². The molecule has 2 bridgehead atoms. The average molecular weight is 172 g/mol. The molecule has 0 aromatic rings. The van der Waals surface area contributed by atoms with Crippen LogP contribution in [0.25, 0.3) is 0 Å². The molecule has 2 saturated heterocycles. The average Bonchev–Trinajstić information content (AvgIpc) is 2.45. The maximum Gasteiger partial charge on any atom is 0.0198 e. The van der Waals surface area contributed by atoms with Crippen LogP contribution in [0.1, 0.15) is 13.3 Å². The van der Waals surface area contributed by atoms with Crippen LogP contribution in [-0.4, -0.2) is 41.1 Å². The highest BCUT2D eigenvalue weighted by molar-refractivity contribution is 8.00. The second kappa shape index (κ2) is 2.96. The van der Waals surface area contributed by atoms with Gasteiger partial charge in [0.25, 0.3) is 0 Å². The minimum atomic E-state index is 0.347. The minimum absolute atomic E-state index is 0.347. The molecule has 2 nitrogen and oxygen atoms in total. The van der Waals surface area contributed by atoms with E-state index in [4.69, 9.17) is 5.73 Å². The Morgan fingerprint density at radius 3 is 3.00 bits per heavy atom. The van der Waals surface area contributed by atoms with Gasteiger partial charge in [0.15, 0.2) is 0 Å². The predicted molar refractivity (Wildman–Crippen MR) is 49.9 cm³/mol. The van der Waals surface area contributed by atoms with Crippen LogP contribution in [0.3, 0.4) is 0 Å². The number of hydrogen-bond donors (Lipinski definition) is 1. The normalized spacial score (nSPS) is 39.8. The standard InChI is InChI=1S/C8H16N2S/c1-6(9)3-10-4-8-2-7(10)5-11-8/h6-8H,2-5,9H2,1H3/t6-,7?,8?/m0/s1. The Kier molecular flexibility index (Phi) is 2.12. The largest absolute Gasteiger partial charge is 0.327 e. The van der Waals surface area contributed by atoms with Crippen molar-refractivity contribution in [3.63, 3.8) is 0 Å². The fourth-order valence-corrected chi connectivity index (χ4v) is 3.57. The summed E-state index contributed by atoms with van der Waals surface area (Å²) in [5.74, 6) is 1.34. The fourth-order valence-electron chi connectivity index (χ4n) is 2.07. The molecule has 2 heterocycles. The first-order valence-corrected chi connectivity index (χ1v) is 5.42.